The first-order valence-corrected chi connectivity index (χ1v) is 10.2. The zero-order chi connectivity index (χ0) is 20.4. The van der Waals surface area contributed by atoms with Crippen molar-refractivity contribution in [2.75, 3.05) is 24.5 Å². The smallest absolute Gasteiger partial charge is 0.322 e. The Labute approximate surface area is 170 Å². The number of carboxylic acid groups (broad SMARTS) is 1. The van der Waals surface area contributed by atoms with Crippen molar-refractivity contribution in [3.8, 4) is 0 Å². The molecule has 2 aliphatic heterocycles. The molecule has 0 bridgehead atoms. The van der Waals surface area contributed by atoms with Crippen molar-refractivity contribution < 1.29 is 14.7 Å². The van der Waals surface area contributed by atoms with Crippen molar-refractivity contribution in [1.29, 1.82) is 0 Å². The van der Waals surface area contributed by atoms with Crippen LogP contribution in [0.15, 0.2) is 36.4 Å². The molecule has 0 spiro atoms. The average Bonchev–Trinajstić information content (AvgIpc) is 2.93. The highest BCUT2D eigenvalue weighted by Crippen LogP contribution is 2.33. The number of anilines is 1. The van der Waals surface area contributed by atoms with Gasteiger partial charge in [-0.1, -0.05) is 24.3 Å². The second-order valence-electron chi connectivity index (χ2n) is 7.85. The molecule has 0 aromatic heterocycles. The third kappa shape index (κ3) is 4.12. The van der Waals surface area contributed by atoms with Crippen molar-refractivity contribution in [2.24, 2.45) is 0 Å². The summed E-state index contributed by atoms with van der Waals surface area (Å²) < 4.78 is 0. The Morgan fingerprint density at radius 1 is 1.14 bits per heavy atom. The van der Waals surface area contributed by atoms with Crippen LogP contribution in [0.5, 0.6) is 0 Å². The quantitative estimate of drug-likeness (QED) is 0.729. The number of carboxylic acids is 1. The van der Waals surface area contributed by atoms with Crippen LogP contribution in [-0.2, 0) is 24.1 Å². The van der Waals surface area contributed by atoms with Crippen molar-refractivity contribution in [1.82, 2.24) is 10.6 Å². The number of nitrogens with one attached hydrogen (secondary N) is 2. The number of urea groups is 1. The maximum atomic E-state index is 12.7. The molecule has 1 atom stereocenters. The van der Waals surface area contributed by atoms with Gasteiger partial charge in [-0.2, -0.15) is 0 Å². The molecule has 2 heterocycles. The average molecular weight is 393 g/mol. The summed E-state index contributed by atoms with van der Waals surface area (Å²) in [7, 11) is 0. The van der Waals surface area contributed by atoms with E-state index < -0.39 is 5.97 Å². The number of hydrogen-bond acceptors (Lipinski definition) is 3. The van der Waals surface area contributed by atoms with Gasteiger partial charge in [-0.15, -0.1) is 0 Å². The molecule has 0 saturated carbocycles. The Kier molecular flexibility index (Phi) is 5.53. The van der Waals surface area contributed by atoms with Crippen LogP contribution in [0.2, 0.25) is 0 Å². The molecule has 3 N–H and O–H groups in total. The Bertz CT molecular complexity index is 941. The lowest BCUT2D eigenvalue weighted by molar-refractivity contribution is -0.136. The molecule has 0 radical (unpaired) electrons. The Morgan fingerprint density at radius 3 is 2.69 bits per heavy atom. The maximum Gasteiger partial charge on any atom is 0.322 e. The molecular weight excluding hydrogens is 366 g/mol. The lowest BCUT2D eigenvalue weighted by atomic mass is 9.96. The summed E-state index contributed by atoms with van der Waals surface area (Å²) in [5, 5.41) is 15.3. The topological polar surface area (TPSA) is 81.7 Å². The molecule has 0 aliphatic carbocycles. The van der Waals surface area contributed by atoms with E-state index in [0.29, 0.717) is 13.0 Å². The van der Waals surface area contributed by atoms with E-state index in [1.807, 2.05) is 24.0 Å². The summed E-state index contributed by atoms with van der Waals surface area (Å²) in [6.07, 6.45) is 2.63. The Morgan fingerprint density at radius 2 is 1.93 bits per heavy atom. The number of carbonyl (C=O) groups excluding carboxylic acids is 1. The van der Waals surface area contributed by atoms with E-state index >= 15 is 0 Å². The Balaban J connectivity index is 1.61. The van der Waals surface area contributed by atoms with Gasteiger partial charge >= 0.3 is 12.0 Å². The lowest BCUT2D eigenvalue weighted by Crippen LogP contribution is -2.29. The fourth-order valence-corrected chi connectivity index (χ4v) is 4.32. The van der Waals surface area contributed by atoms with Crippen LogP contribution in [0.4, 0.5) is 10.5 Å². The van der Waals surface area contributed by atoms with E-state index in [9.17, 15) is 9.59 Å². The number of rotatable bonds is 5. The first-order valence-electron chi connectivity index (χ1n) is 10.2. The van der Waals surface area contributed by atoms with Crippen LogP contribution < -0.4 is 15.5 Å². The van der Waals surface area contributed by atoms with Gasteiger partial charge in [0.25, 0.3) is 0 Å². The number of nitrogens with zero attached hydrogens (tertiary/aromatic N) is 1. The third-order valence-electron chi connectivity index (χ3n) is 5.95. The standard InChI is InChI=1S/C23H27N3O3/c1-15-12-19(3-2-16(15)5-7-22(27)28)21-14-25-23(29)26(21)20-6-4-17-8-10-24-11-9-18(17)13-20/h2-4,6,12-13,21,24H,5,7-11,14H2,1H3,(H,25,29)(H,27,28). The number of amides is 2. The highest BCUT2D eigenvalue weighted by atomic mass is 16.4. The van der Waals surface area contributed by atoms with Crippen LogP contribution in [0.3, 0.4) is 0 Å². The second kappa shape index (κ2) is 8.25. The van der Waals surface area contributed by atoms with Gasteiger partial charge < -0.3 is 15.7 Å². The van der Waals surface area contributed by atoms with E-state index in [-0.39, 0.29) is 18.5 Å². The van der Waals surface area contributed by atoms with Gasteiger partial charge in [0.05, 0.1) is 6.04 Å². The molecule has 29 heavy (non-hydrogen) atoms. The normalized spacial score (nSPS) is 18.9. The van der Waals surface area contributed by atoms with Gasteiger partial charge in [0.2, 0.25) is 0 Å². The highest BCUT2D eigenvalue weighted by molar-refractivity contribution is 5.95. The van der Waals surface area contributed by atoms with Gasteiger partial charge in [0.15, 0.2) is 0 Å². The first-order chi connectivity index (χ1) is 14.0. The summed E-state index contributed by atoms with van der Waals surface area (Å²) in [5.74, 6) is -0.788. The second-order valence-corrected chi connectivity index (χ2v) is 7.85. The molecule has 1 saturated heterocycles. The number of hydrogen-bond donors (Lipinski definition) is 3. The van der Waals surface area contributed by atoms with Crippen LogP contribution >= 0.6 is 0 Å². The van der Waals surface area contributed by atoms with E-state index in [4.69, 9.17) is 5.11 Å². The molecule has 1 fully saturated rings. The molecule has 2 amide bonds. The summed E-state index contributed by atoms with van der Waals surface area (Å²) in [6.45, 7) is 4.52. The SMILES string of the molecule is Cc1cc(C2CNC(=O)N2c2ccc3c(c2)CCNCC3)ccc1CCC(=O)O. The molecule has 4 rings (SSSR count). The van der Waals surface area contributed by atoms with Crippen LogP contribution in [0.25, 0.3) is 0 Å². The third-order valence-corrected chi connectivity index (χ3v) is 5.95. The minimum atomic E-state index is -0.788. The molecule has 2 aromatic rings. The monoisotopic (exact) mass is 393 g/mol. The molecule has 6 heteroatoms. The molecule has 152 valence electrons. The summed E-state index contributed by atoms with van der Waals surface area (Å²) in [6, 6.07) is 12.3. The van der Waals surface area contributed by atoms with E-state index in [1.165, 1.54) is 11.1 Å². The minimum absolute atomic E-state index is 0.0725. The summed E-state index contributed by atoms with van der Waals surface area (Å²) in [5.41, 5.74) is 6.77. The van der Waals surface area contributed by atoms with Gasteiger partial charge in [-0.3, -0.25) is 9.69 Å². The largest absolute Gasteiger partial charge is 0.481 e. The van der Waals surface area contributed by atoms with Crippen LogP contribution in [0, 0.1) is 6.92 Å². The van der Waals surface area contributed by atoms with Gasteiger partial charge in [0.1, 0.15) is 0 Å². The van der Waals surface area contributed by atoms with E-state index in [2.05, 4.69) is 34.9 Å². The van der Waals surface area contributed by atoms with E-state index in [1.54, 1.807) is 0 Å². The predicted octanol–water partition coefficient (Wildman–Crippen LogP) is 2.97. The molecule has 2 aliphatic rings. The zero-order valence-electron chi connectivity index (χ0n) is 16.7. The van der Waals surface area contributed by atoms with Gasteiger partial charge in [-0.25, -0.2) is 4.79 Å². The van der Waals surface area contributed by atoms with E-state index in [0.717, 1.165) is 48.3 Å². The van der Waals surface area contributed by atoms with Crippen molar-refractivity contribution in [2.45, 2.75) is 38.6 Å². The van der Waals surface area contributed by atoms with Crippen molar-refractivity contribution in [3.63, 3.8) is 0 Å². The lowest BCUT2D eigenvalue weighted by Gasteiger charge is -2.25. The van der Waals surface area contributed by atoms with Crippen molar-refractivity contribution >= 4 is 17.7 Å². The van der Waals surface area contributed by atoms with Crippen LogP contribution in [0.1, 0.15) is 40.3 Å². The molecular formula is C23H27N3O3. The number of aryl methyl sites for hydroxylation is 2. The molecule has 6 nitrogen and oxygen atoms in total. The summed E-state index contributed by atoms with van der Waals surface area (Å²) >= 11 is 0. The number of aliphatic carboxylic acids is 1. The van der Waals surface area contributed by atoms with Gasteiger partial charge in [-0.05, 0) is 79.2 Å². The Hall–Kier alpha value is -2.86. The molecule has 1 unspecified atom stereocenters. The van der Waals surface area contributed by atoms with Gasteiger partial charge in [0, 0.05) is 18.7 Å². The molecule has 2 aromatic carbocycles. The first kappa shape index (κ1) is 19.5. The zero-order valence-corrected chi connectivity index (χ0v) is 16.7. The number of fused-ring (bicyclic) bond motifs is 1. The number of benzene rings is 2. The summed E-state index contributed by atoms with van der Waals surface area (Å²) in [4.78, 5) is 25.4. The number of carbonyl (C=O) groups is 2. The minimum Gasteiger partial charge on any atom is -0.481 e. The predicted molar refractivity (Wildman–Crippen MR) is 112 cm³/mol. The fraction of sp³-hybridized carbons (Fsp3) is 0.391. The fourth-order valence-electron chi connectivity index (χ4n) is 4.32. The van der Waals surface area contributed by atoms with Crippen molar-refractivity contribution in [3.05, 3.63) is 64.2 Å². The highest BCUT2D eigenvalue weighted by Gasteiger charge is 2.33. The maximum absolute atomic E-state index is 12.7. The van der Waals surface area contributed by atoms with Crippen LogP contribution in [-0.4, -0.2) is 36.7 Å².